The second-order valence-electron chi connectivity index (χ2n) is 1.15. The third-order valence-electron chi connectivity index (χ3n) is 0.599. The molecule has 5 heteroatoms. The summed E-state index contributed by atoms with van der Waals surface area (Å²) in [6.07, 6.45) is 0. The van der Waals surface area contributed by atoms with Crippen LogP contribution in [0.2, 0.25) is 4.34 Å². The summed E-state index contributed by atoms with van der Waals surface area (Å²) < 4.78 is 1.63. The molecule has 0 fully saturated rings. The Hall–Kier alpha value is 0.0700. The highest BCUT2D eigenvalue weighted by Crippen LogP contribution is 2.11. The Balaban J connectivity index is 3.35. The fraction of sp³-hybridized carbons (Fsp3) is 0. The lowest BCUT2D eigenvalue weighted by atomic mass is 10.8. The van der Waals surface area contributed by atoms with Crippen molar-refractivity contribution in [2.45, 2.75) is 0 Å². The van der Waals surface area contributed by atoms with Crippen LogP contribution in [0.4, 0.5) is 0 Å². The van der Waals surface area contributed by atoms with Crippen LogP contribution in [-0.4, -0.2) is 3.36 Å². The molecule has 1 aromatic heterocycles. The Morgan fingerprint density at radius 2 is 2.50 bits per heavy atom. The van der Waals surface area contributed by atoms with Gasteiger partial charge in [0.15, 0.2) is 0 Å². The van der Waals surface area contributed by atoms with Gasteiger partial charge in [-0.2, -0.15) is 0 Å². The molecule has 8 heavy (non-hydrogen) atoms. The average molecular weight is 168 g/mol. The Bertz CT molecular complexity index is 240. The van der Waals surface area contributed by atoms with Crippen LogP contribution in [0.3, 0.4) is 0 Å². The van der Waals surface area contributed by atoms with Crippen LogP contribution in [0.5, 0.6) is 0 Å². The molecule has 2 nitrogen and oxygen atoms in total. The Kier molecular flexibility index (Phi) is 1.65. The Morgan fingerprint density at radius 1 is 1.88 bits per heavy atom. The lowest BCUT2D eigenvalue weighted by Crippen LogP contribution is -2.00. The van der Waals surface area contributed by atoms with Crippen molar-refractivity contribution in [3.05, 3.63) is 20.8 Å². The first-order valence-corrected chi connectivity index (χ1v) is 3.33. The van der Waals surface area contributed by atoms with Gasteiger partial charge in [0.25, 0.3) is 5.56 Å². The zero-order valence-corrected chi connectivity index (χ0v) is 6.13. The molecular formula is C3H2ClNOS2. The molecule has 0 bridgehead atoms. The van der Waals surface area contributed by atoms with Gasteiger partial charge in [-0.3, -0.25) is 4.79 Å². The van der Waals surface area contributed by atoms with E-state index < -0.39 is 0 Å². The predicted octanol–water partition coefficient (Wildman–Crippen LogP) is 1.26. The summed E-state index contributed by atoms with van der Waals surface area (Å²) in [6, 6.07) is 1.32. The maximum atomic E-state index is 10.5. The molecule has 0 aliphatic rings. The number of hydrogen-bond donors (Lipinski definition) is 1. The summed E-state index contributed by atoms with van der Waals surface area (Å²) in [5, 5.41) is 0. The first kappa shape index (κ1) is 6.19. The maximum Gasteiger partial charge on any atom is 0.272 e. The quantitative estimate of drug-likeness (QED) is 0.578. The van der Waals surface area contributed by atoms with E-state index in [-0.39, 0.29) is 5.56 Å². The average Bonchev–Trinajstić information content (AvgIpc) is 1.85. The molecule has 0 N–H and O–H groups in total. The molecule has 0 aliphatic carbocycles. The number of aromatic nitrogens is 1. The number of nitrogens with zero attached hydrogens (tertiary/aromatic N) is 1. The third-order valence-corrected chi connectivity index (χ3v) is 2.00. The van der Waals surface area contributed by atoms with Gasteiger partial charge in [-0.05, 0) is 24.3 Å². The number of thiol groups is 1. The van der Waals surface area contributed by atoms with Gasteiger partial charge in [0.05, 0.1) is 0 Å². The summed E-state index contributed by atoms with van der Waals surface area (Å²) in [4.78, 5) is 10.5. The van der Waals surface area contributed by atoms with Gasteiger partial charge in [-0.15, -0.1) is 0 Å². The van der Waals surface area contributed by atoms with Gasteiger partial charge in [-0.25, -0.2) is 3.36 Å². The van der Waals surface area contributed by atoms with E-state index >= 15 is 0 Å². The smallest absolute Gasteiger partial charge is 0.267 e. The molecule has 1 heterocycles. The van der Waals surface area contributed by atoms with E-state index in [1.165, 1.54) is 9.43 Å². The first-order valence-electron chi connectivity index (χ1n) is 1.78. The normalized spacial score (nSPS) is 9.75. The molecule has 0 aliphatic heterocycles. The Morgan fingerprint density at radius 3 is 2.62 bits per heavy atom. The van der Waals surface area contributed by atoms with Crippen molar-refractivity contribution in [3.63, 3.8) is 0 Å². The van der Waals surface area contributed by atoms with Gasteiger partial charge < -0.3 is 0 Å². The van der Waals surface area contributed by atoms with E-state index in [1.807, 2.05) is 0 Å². The van der Waals surface area contributed by atoms with E-state index in [9.17, 15) is 4.79 Å². The van der Waals surface area contributed by atoms with Crippen LogP contribution >= 0.6 is 35.9 Å². The minimum Gasteiger partial charge on any atom is -0.267 e. The van der Waals surface area contributed by atoms with E-state index in [0.717, 1.165) is 11.5 Å². The van der Waals surface area contributed by atoms with Crippen molar-refractivity contribution < 1.29 is 0 Å². The molecule has 0 radical (unpaired) electrons. The molecule has 0 unspecified atom stereocenters. The molecule has 0 spiro atoms. The van der Waals surface area contributed by atoms with E-state index in [1.54, 1.807) is 0 Å². The maximum absolute atomic E-state index is 10.5. The topological polar surface area (TPSA) is 22.0 Å². The summed E-state index contributed by atoms with van der Waals surface area (Å²) in [7, 11) is 0. The first-order chi connectivity index (χ1) is 3.70. The molecular weight excluding hydrogens is 166 g/mol. The highest BCUT2D eigenvalue weighted by atomic mass is 35.5. The van der Waals surface area contributed by atoms with Crippen LogP contribution in [0.15, 0.2) is 10.9 Å². The zero-order valence-electron chi connectivity index (χ0n) is 3.67. The number of hydrogen-bond acceptors (Lipinski definition) is 3. The van der Waals surface area contributed by atoms with Gasteiger partial charge in [0.1, 0.15) is 4.34 Å². The summed E-state index contributed by atoms with van der Waals surface area (Å²) in [6.45, 7) is 0. The predicted molar refractivity (Wildman–Crippen MR) is 38.0 cm³/mol. The molecule has 0 saturated carbocycles. The monoisotopic (exact) mass is 167 g/mol. The molecule has 0 atom stereocenters. The largest absolute Gasteiger partial charge is 0.272 e. The van der Waals surface area contributed by atoms with Gasteiger partial charge in [-0.1, -0.05) is 11.6 Å². The highest BCUT2D eigenvalue weighted by molar-refractivity contribution is 7.80. The van der Waals surface area contributed by atoms with Crippen molar-refractivity contribution in [2.24, 2.45) is 0 Å². The molecule has 0 saturated heterocycles. The molecule has 0 amide bonds. The summed E-state index contributed by atoms with van der Waals surface area (Å²) in [5.41, 5.74) is -0.177. The van der Waals surface area contributed by atoms with E-state index in [2.05, 4.69) is 12.8 Å². The van der Waals surface area contributed by atoms with E-state index in [0.29, 0.717) is 4.34 Å². The number of halogens is 1. The molecule has 44 valence electrons. The Labute approximate surface area is 60.4 Å². The highest BCUT2D eigenvalue weighted by Gasteiger charge is 1.94. The van der Waals surface area contributed by atoms with Crippen molar-refractivity contribution in [1.29, 1.82) is 0 Å². The zero-order chi connectivity index (χ0) is 6.15. The minimum atomic E-state index is -0.177. The van der Waals surface area contributed by atoms with Crippen molar-refractivity contribution >= 4 is 35.9 Å². The van der Waals surface area contributed by atoms with Crippen molar-refractivity contribution in [1.82, 2.24) is 3.36 Å². The fourth-order valence-corrected chi connectivity index (χ4v) is 1.53. The second kappa shape index (κ2) is 2.13. The fourth-order valence-electron chi connectivity index (χ4n) is 0.306. The third kappa shape index (κ3) is 1.07. The standard InChI is InChI=1S/C3H2ClNOS2/c4-2-1-3(6)5(7)8-2/h1,7H. The van der Waals surface area contributed by atoms with E-state index in [4.69, 9.17) is 11.6 Å². The van der Waals surface area contributed by atoms with Crippen molar-refractivity contribution in [3.8, 4) is 0 Å². The number of rotatable bonds is 0. The minimum absolute atomic E-state index is 0.177. The molecule has 0 aromatic carbocycles. The lowest BCUT2D eigenvalue weighted by molar-refractivity contribution is 1.35. The van der Waals surface area contributed by atoms with Crippen LogP contribution in [-0.2, 0) is 0 Å². The molecule has 1 aromatic rings. The summed E-state index contributed by atoms with van der Waals surface area (Å²) >= 11 is 10.3. The lowest BCUT2D eigenvalue weighted by Gasteiger charge is -1.75. The van der Waals surface area contributed by atoms with Gasteiger partial charge in [0, 0.05) is 6.07 Å². The van der Waals surface area contributed by atoms with Crippen LogP contribution in [0, 0.1) is 0 Å². The van der Waals surface area contributed by atoms with Gasteiger partial charge in [0.2, 0.25) is 0 Å². The molecule has 1 rings (SSSR count). The van der Waals surface area contributed by atoms with Crippen LogP contribution < -0.4 is 5.56 Å². The van der Waals surface area contributed by atoms with Crippen molar-refractivity contribution in [2.75, 3.05) is 0 Å². The SMILES string of the molecule is O=c1cc(Cl)sn1S. The second-order valence-corrected chi connectivity index (χ2v) is 3.44. The summed E-state index contributed by atoms with van der Waals surface area (Å²) in [5.74, 6) is 0. The van der Waals surface area contributed by atoms with Gasteiger partial charge >= 0.3 is 0 Å². The van der Waals surface area contributed by atoms with Crippen LogP contribution in [0.25, 0.3) is 0 Å². The van der Waals surface area contributed by atoms with Crippen LogP contribution in [0.1, 0.15) is 0 Å².